The van der Waals surface area contributed by atoms with Crippen LogP contribution in [-0.4, -0.2) is 50.3 Å². The van der Waals surface area contributed by atoms with E-state index >= 15 is 0 Å². The van der Waals surface area contributed by atoms with Gasteiger partial charge >= 0.3 is 0 Å². The molecule has 8 heteroatoms. The third-order valence-corrected chi connectivity index (χ3v) is 6.83. The predicted molar refractivity (Wildman–Crippen MR) is 125 cm³/mol. The zero-order chi connectivity index (χ0) is 22.7. The van der Waals surface area contributed by atoms with E-state index in [9.17, 15) is 9.59 Å². The number of rotatable bonds is 6. The van der Waals surface area contributed by atoms with Crippen LogP contribution in [0.4, 0.5) is 0 Å². The van der Waals surface area contributed by atoms with Crippen molar-refractivity contribution >= 4 is 23.6 Å². The molecule has 0 bridgehead atoms. The van der Waals surface area contributed by atoms with Crippen molar-refractivity contribution in [1.29, 1.82) is 0 Å². The molecule has 1 fully saturated rings. The van der Waals surface area contributed by atoms with Crippen molar-refractivity contribution in [3.05, 3.63) is 59.7 Å². The number of nitrogens with two attached hydrogens (primary N) is 1. The maximum absolute atomic E-state index is 12.9. The van der Waals surface area contributed by atoms with E-state index in [1.807, 2.05) is 41.0 Å². The van der Waals surface area contributed by atoms with Crippen molar-refractivity contribution < 1.29 is 9.59 Å². The molecule has 2 aromatic carbocycles. The molecule has 4 rings (SSSR count). The molecule has 1 aromatic heterocycles. The van der Waals surface area contributed by atoms with Gasteiger partial charge in [0.1, 0.15) is 0 Å². The second kappa shape index (κ2) is 9.56. The van der Waals surface area contributed by atoms with Gasteiger partial charge in [0.25, 0.3) is 0 Å². The Kier molecular flexibility index (Phi) is 6.60. The first-order valence-electron chi connectivity index (χ1n) is 10.7. The van der Waals surface area contributed by atoms with Crippen LogP contribution in [0.15, 0.2) is 53.7 Å². The fraction of sp³-hybridized carbons (Fsp3) is 0.333. The van der Waals surface area contributed by atoms with E-state index in [0.717, 1.165) is 29.9 Å². The maximum Gasteiger partial charge on any atom is 0.233 e. The number of carbonyl (C=O) groups is 2. The van der Waals surface area contributed by atoms with Crippen LogP contribution < -0.4 is 5.73 Å². The lowest BCUT2D eigenvalue weighted by atomic mass is 9.97. The summed E-state index contributed by atoms with van der Waals surface area (Å²) in [6, 6.07) is 16.1. The lowest BCUT2D eigenvalue weighted by molar-refractivity contribution is -0.132. The largest absolute Gasteiger partial charge is 0.369 e. The van der Waals surface area contributed by atoms with Gasteiger partial charge in [-0.3, -0.25) is 14.2 Å². The fourth-order valence-corrected chi connectivity index (χ4v) is 4.74. The number of likely N-dealkylation sites (tertiary alicyclic amines) is 1. The van der Waals surface area contributed by atoms with E-state index in [2.05, 4.69) is 36.2 Å². The minimum absolute atomic E-state index is 0.0168. The van der Waals surface area contributed by atoms with Gasteiger partial charge in [0, 0.05) is 18.7 Å². The molecule has 1 aliphatic heterocycles. The highest BCUT2D eigenvalue weighted by Gasteiger charge is 2.27. The summed E-state index contributed by atoms with van der Waals surface area (Å²) in [6.07, 6.45) is 1.54. The first-order chi connectivity index (χ1) is 15.4. The SMILES string of the molecule is Cc1ccc(-n2c(SCC(=O)N3CCCC(C(N)=O)C3)nnc2-c2ccccc2)cc1C. The number of carbonyl (C=O) groups excluding carboxylic acids is 2. The average Bonchev–Trinajstić information content (AvgIpc) is 3.24. The number of nitrogens with zero attached hydrogens (tertiary/aromatic N) is 4. The predicted octanol–water partition coefficient (Wildman–Crippen LogP) is 3.37. The third-order valence-electron chi connectivity index (χ3n) is 5.92. The standard InChI is InChI=1S/C24H27N5O2S/c1-16-10-11-20(13-17(16)2)29-23(18-7-4-3-5-8-18)26-27-24(29)32-15-21(30)28-12-6-9-19(14-28)22(25)31/h3-5,7-8,10-11,13,19H,6,9,12,14-15H2,1-2H3,(H2,25,31). The number of primary amides is 1. The van der Waals surface area contributed by atoms with Crippen LogP contribution in [0.2, 0.25) is 0 Å². The van der Waals surface area contributed by atoms with Gasteiger partial charge in [-0.25, -0.2) is 0 Å². The summed E-state index contributed by atoms with van der Waals surface area (Å²) in [5.74, 6) is 0.342. The molecule has 0 spiro atoms. The summed E-state index contributed by atoms with van der Waals surface area (Å²) in [5.41, 5.74) is 9.75. The second-order valence-electron chi connectivity index (χ2n) is 8.15. The normalized spacial score (nSPS) is 16.2. The lowest BCUT2D eigenvalue weighted by Crippen LogP contribution is -2.44. The van der Waals surface area contributed by atoms with Crippen LogP contribution in [0.3, 0.4) is 0 Å². The molecule has 2 amide bonds. The Bertz CT molecular complexity index is 1130. The van der Waals surface area contributed by atoms with Crippen LogP contribution in [0.25, 0.3) is 17.1 Å². The van der Waals surface area contributed by atoms with E-state index in [1.54, 1.807) is 4.90 Å². The van der Waals surface area contributed by atoms with Crippen LogP contribution in [0.1, 0.15) is 24.0 Å². The number of benzene rings is 2. The number of hydrogen-bond acceptors (Lipinski definition) is 5. The Morgan fingerprint density at radius 3 is 2.59 bits per heavy atom. The number of thioether (sulfide) groups is 1. The molecule has 1 aliphatic rings. The Labute approximate surface area is 192 Å². The van der Waals surface area contributed by atoms with Gasteiger partial charge in [-0.1, -0.05) is 48.2 Å². The molecule has 1 unspecified atom stereocenters. The first-order valence-corrected chi connectivity index (χ1v) is 11.7. The van der Waals surface area contributed by atoms with E-state index in [-0.39, 0.29) is 23.5 Å². The first kappa shape index (κ1) is 22.1. The molecular formula is C24H27N5O2S. The van der Waals surface area contributed by atoms with Crippen LogP contribution in [-0.2, 0) is 9.59 Å². The Hall–Kier alpha value is -3.13. The molecule has 32 heavy (non-hydrogen) atoms. The molecular weight excluding hydrogens is 422 g/mol. The Balaban J connectivity index is 1.60. The third kappa shape index (κ3) is 4.70. The van der Waals surface area contributed by atoms with Crippen molar-refractivity contribution in [2.24, 2.45) is 11.7 Å². The molecule has 0 aliphatic carbocycles. The summed E-state index contributed by atoms with van der Waals surface area (Å²) in [7, 11) is 0. The molecule has 1 saturated heterocycles. The summed E-state index contributed by atoms with van der Waals surface area (Å²) < 4.78 is 2.00. The maximum atomic E-state index is 12.9. The van der Waals surface area contributed by atoms with E-state index < -0.39 is 0 Å². The topological polar surface area (TPSA) is 94.1 Å². The molecule has 2 N–H and O–H groups in total. The number of aromatic nitrogens is 3. The number of piperidine rings is 1. The lowest BCUT2D eigenvalue weighted by Gasteiger charge is -2.31. The quantitative estimate of drug-likeness (QED) is 0.583. The van der Waals surface area contributed by atoms with E-state index in [0.29, 0.717) is 18.2 Å². The highest BCUT2D eigenvalue weighted by atomic mass is 32.2. The Morgan fingerprint density at radius 2 is 1.88 bits per heavy atom. The molecule has 7 nitrogen and oxygen atoms in total. The molecule has 166 valence electrons. The van der Waals surface area contributed by atoms with Crippen molar-refractivity contribution in [3.8, 4) is 17.1 Å². The average molecular weight is 450 g/mol. The van der Waals surface area contributed by atoms with Crippen molar-refractivity contribution in [2.45, 2.75) is 31.8 Å². The molecule has 3 aromatic rings. The van der Waals surface area contributed by atoms with Crippen molar-refractivity contribution in [2.75, 3.05) is 18.8 Å². The van der Waals surface area contributed by atoms with Gasteiger partial charge in [0.2, 0.25) is 11.8 Å². The number of aryl methyl sites for hydroxylation is 2. The van der Waals surface area contributed by atoms with Gasteiger partial charge in [-0.2, -0.15) is 0 Å². The summed E-state index contributed by atoms with van der Waals surface area (Å²) in [6.45, 7) is 5.21. The van der Waals surface area contributed by atoms with Crippen molar-refractivity contribution in [1.82, 2.24) is 19.7 Å². The van der Waals surface area contributed by atoms with Gasteiger partial charge in [0.05, 0.1) is 17.4 Å². The van der Waals surface area contributed by atoms with Gasteiger partial charge < -0.3 is 10.6 Å². The Morgan fingerprint density at radius 1 is 1.09 bits per heavy atom. The minimum Gasteiger partial charge on any atom is -0.369 e. The van der Waals surface area contributed by atoms with Gasteiger partial charge in [-0.15, -0.1) is 10.2 Å². The monoisotopic (exact) mass is 449 g/mol. The van der Waals surface area contributed by atoms with Crippen LogP contribution >= 0.6 is 11.8 Å². The summed E-state index contributed by atoms with van der Waals surface area (Å²) in [4.78, 5) is 26.1. The fourth-order valence-electron chi connectivity index (χ4n) is 3.89. The molecule has 0 radical (unpaired) electrons. The second-order valence-corrected chi connectivity index (χ2v) is 9.09. The van der Waals surface area contributed by atoms with E-state index in [1.165, 1.54) is 22.9 Å². The minimum atomic E-state index is -0.336. The zero-order valence-electron chi connectivity index (χ0n) is 18.3. The number of amides is 2. The number of hydrogen-bond donors (Lipinski definition) is 1. The van der Waals surface area contributed by atoms with E-state index in [4.69, 9.17) is 5.73 Å². The van der Waals surface area contributed by atoms with Crippen molar-refractivity contribution in [3.63, 3.8) is 0 Å². The zero-order valence-corrected chi connectivity index (χ0v) is 19.1. The molecule has 0 saturated carbocycles. The molecule has 2 heterocycles. The summed E-state index contributed by atoms with van der Waals surface area (Å²) in [5, 5.41) is 9.52. The highest BCUT2D eigenvalue weighted by Crippen LogP contribution is 2.29. The van der Waals surface area contributed by atoms with Gasteiger partial charge in [0.15, 0.2) is 11.0 Å². The highest BCUT2D eigenvalue weighted by molar-refractivity contribution is 7.99. The molecule has 1 atom stereocenters. The van der Waals surface area contributed by atoms with Gasteiger partial charge in [-0.05, 0) is 49.9 Å². The summed E-state index contributed by atoms with van der Waals surface area (Å²) >= 11 is 1.36. The smallest absolute Gasteiger partial charge is 0.233 e. The van der Waals surface area contributed by atoms with Crippen LogP contribution in [0.5, 0.6) is 0 Å². The van der Waals surface area contributed by atoms with Crippen LogP contribution in [0, 0.1) is 19.8 Å².